The fourth-order valence-electron chi connectivity index (χ4n) is 2.40. The maximum absolute atomic E-state index is 13.6. The summed E-state index contributed by atoms with van der Waals surface area (Å²) >= 11 is 1.91. The molecule has 2 aliphatic rings. The zero-order valence-corrected chi connectivity index (χ0v) is 13.4. The molecule has 0 bridgehead atoms. The first-order chi connectivity index (χ1) is 10.0. The number of nitrogens with zero attached hydrogens (tertiary/aromatic N) is 3. The van der Waals surface area contributed by atoms with Crippen LogP contribution in [0.15, 0.2) is 40.2 Å². The third-order valence-corrected chi connectivity index (χ3v) is 4.27. The van der Waals surface area contributed by atoms with Crippen LogP contribution in [0.5, 0.6) is 0 Å². The van der Waals surface area contributed by atoms with Gasteiger partial charge >= 0.3 is 6.09 Å². The summed E-state index contributed by atoms with van der Waals surface area (Å²) in [5.41, 5.74) is 1.39. The molecule has 2 aliphatic heterocycles. The molecule has 0 aliphatic carbocycles. The molecule has 0 spiro atoms. The lowest BCUT2D eigenvalue weighted by Crippen LogP contribution is -2.25. The number of rotatable bonds is 3. The predicted molar refractivity (Wildman–Crippen MR) is 83.8 cm³/mol. The Bertz CT molecular complexity index is 647. The summed E-state index contributed by atoms with van der Waals surface area (Å²) in [6.45, 7) is 2.28. The molecule has 3 rings (SSSR count). The molecule has 0 radical (unpaired) electrons. The van der Waals surface area contributed by atoms with Gasteiger partial charge in [-0.2, -0.15) is 10.2 Å². The van der Waals surface area contributed by atoms with Gasteiger partial charge in [-0.3, -0.25) is 4.90 Å². The summed E-state index contributed by atoms with van der Waals surface area (Å²) in [6, 6.07) is 4.66. The van der Waals surface area contributed by atoms with Crippen molar-refractivity contribution in [3.8, 4) is 0 Å². The van der Waals surface area contributed by atoms with E-state index in [0.717, 1.165) is 5.70 Å². The Labute approximate surface area is 135 Å². The predicted octanol–water partition coefficient (Wildman–Crippen LogP) is 3.88. The van der Waals surface area contributed by atoms with Crippen LogP contribution in [-0.4, -0.2) is 24.8 Å². The van der Waals surface area contributed by atoms with Crippen molar-refractivity contribution in [1.82, 2.24) is 0 Å². The molecule has 1 aromatic rings. The second-order valence-corrected chi connectivity index (χ2v) is 6.20. The minimum absolute atomic E-state index is 0.0452. The molecule has 21 heavy (non-hydrogen) atoms. The van der Waals surface area contributed by atoms with Gasteiger partial charge in [-0.1, -0.05) is 0 Å². The smallest absolute Gasteiger partial charge is 0.414 e. The van der Waals surface area contributed by atoms with E-state index >= 15 is 0 Å². The molecule has 2 atom stereocenters. The lowest BCUT2D eigenvalue weighted by atomic mass is 10.1. The van der Waals surface area contributed by atoms with Crippen molar-refractivity contribution in [3.05, 3.63) is 39.4 Å². The Morgan fingerprint density at radius 1 is 1.52 bits per heavy atom. The number of amides is 1. The van der Waals surface area contributed by atoms with E-state index in [1.807, 2.05) is 35.6 Å². The summed E-state index contributed by atoms with van der Waals surface area (Å²) in [5.74, 6) is -0.340. The van der Waals surface area contributed by atoms with E-state index < -0.39 is 6.09 Å². The number of carbonyl (C=O) groups excluding carboxylic acids is 1. The number of allylic oxidation sites excluding steroid dienone is 1. The topological polar surface area (TPSA) is 54.3 Å². The van der Waals surface area contributed by atoms with Gasteiger partial charge < -0.3 is 4.74 Å². The van der Waals surface area contributed by atoms with E-state index in [-0.39, 0.29) is 18.0 Å². The van der Waals surface area contributed by atoms with E-state index in [1.165, 1.54) is 11.0 Å². The van der Waals surface area contributed by atoms with Gasteiger partial charge in [0.2, 0.25) is 0 Å². The zero-order valence-electron chi connectivity index (χ0n) is 11.3. The van der Waals surface area contributed by atoms with Crippen LogP contribution in [-0.2, 0) is 4.74 Å². The fraction of sp³-hybridized carbons (Fsp3) is 0.357. The van der Waals surface area contributed by atoms with E-state index in [2.05, 4.69) is 10.2 Å². The number of carbonyl (C=O) groups is 1. The maximum atomic E-state index is 13.6. The minimum Gasteiger partial charge on any atom is -0.444 e. The highest BCUT2D eigenvalue weighted by Crippen LogP contribution is 2.27. The first kappa shape index (κ1) is 14.4. The van der Waals surface area contributed by atoms with Crippen molar-refractivity contribution in [2.45, 2.75) is 25.5 Å². The third kappa shape index (κ3) is 3.07. The number of benzene rings is 1. The molecule has 110 valence electrons. The standard InChI is InChI=1S/C14H13FIN3O2/c1-8-4-9(18-17-8)5-11-7-19(14(20)21-11)10-2-3-13(16)12(15)6-10/h2-4,6,9,11H,5,7H2,1H3/t9?,11-/m0/s1. The SMILES string of the molecule is CC1=CC(C[C@H]2CN(c3ccc(I)c(F)c3)C(=O)O2)N=N1. The average Bonchev–Trinajstić information content (AvgIpc) is 3.00. The molecule has 2 heterocycles. The minimum atomic E-state index is -0.448. The lowest BCUT2D eigenvalue weighted by Gasteiger charge is -2.13. The van der Waals surface area contributed by atoms with Crippen LogP contribution in [0.2, 0.25) is 0 Å². The van der Waals surface area contributed by atoms with E-state index in [1.54, 1.807) is 12.1 Å². The van der Waals surface area contributed by atoms with Gasteiger partial charge in [0.25, 0.3) is 0 Å². The molecule has 1 fully saturated rings. The zero-order chi connectivity index (χ0) is 15.0. The van der Waals surface area contributed by atoms with Crippen molar-refractivity contribution in [2.24, 2.45) is 10.2 Å². The van der Waals surface area contributed by atoms with Crippen LogP contribution in [0.25, 0.3) is 0 Å². The quantitative estimate of drug-likeness (QED) is 0.722. The highest BCUT2D eigenvalue weighted by Gasteiger charge is 2.34. The van der Waals surface area contributed by atoms with E-state index in [9.17, 15) is 9.18 Å². The number of ether oxygens (including phenoxy) is 1. The largest absolute Gasteiger partial charge is 0.444 e. The Kier molecular flexibility index (Phi) is 3.92. The highest BCUT2D eigenvalue weighted by molar-refractivity contribution is 14.1. The lowest BCUT2D eigenvalue weighted by molar-refractivity contribution is 0.135. The third-order valence-electron chi connectivity index (χ3n) is 3.39. The summed E-state index contributed by atoms with van der Waals surface area (Å²) < 4.78 is 19.5. The van der Waals surface area contributed by atoms with Gasteiger partial charge in [-0.05, 0) is 53.8 Å². The molecular formula is C14H13FIN3O2. The Hall–Kier alpha value is -1.51. The van der Waals surface area contributed by atoms with E-state index in [0.29, 0.717) is 22.2 Å². The second kappa shape index (κ2) is 5.70. The van der Waals surface area contributed by atoms with Gasteiger partial charge in [0, 0.05) is 9.99 Å². The summed E-state index contributed by atoms with van der Waals surface area (Å²) in [6.07, 6.45) is 1.83. The van der Waals surface area contributed by atoms with Crippen molar-refractivity contribution >= 4 is 34.4 Å². The average molecular weight is 401 g/mol. The molecule has 1 saturated heterocycles. The number of azo groups is 1. The first-order valence-corrected chi connectivity index (χ1v) is 7.63. The highest BCUT2D eigenvalue weighted by atomic mass is 127. The Morgan fingerprint density at radius 3 is 3.00 bits per heavy atom. The fourth-order valence-corrected chi connectivity index (χ4v) is 2.74. The van der Waals surface area contributed by atoms with Crippen molar-refractivity contribution in [1.29, 1.82) is 0 Å². The molecule has 5 nitrogen and oxygen atoms in total. The van der Waals surface area contributed by atoms with Crippen molar-refractivity contribution < 1.29 is 13.9 Å². The van der Waals surface area contributed by atoms with E-state index in [4.69, 9.17) is 4.74 Å². The maximum Gasteiger partial charge on any atom is 0.414 e. The number of hydrogen-bond acceptors (Lipinski definition) is 4. The molecule has 0 saturated carbocycles. The van der Waals surface area contributed by atoms with Crippen molar-refractivity contribution in [3.63, 3.8) is 0 Å². The van der Waals surface area contributed by atoms with Gasteiger partial charge in [-0.15, -0.1) is 0 Å². The molecule has 0 aromatic heterocycles. The van der Waals surface area contributed by atoms with Gasteiger partial charge in [0.1, 0.15) is 11.9 Å². The molecular weight excluding hydrogens is 388 g/mol. The summed E-state index contributed by atoms with van der Waals surface area (Å²) in [4.78, 5) is 13.4. The number of cyclic esters (lactones) is 1. The molecule has 1 unspecified atom stereocenters. The van der Waals surface area contributed by atoms with Crippen LogP contribution in [0, 0.1) is 9.39 Å². The van der Waals surface area contributed by atoms with Crippen molar-refractivity contribution in [2.75, 3.05) is 11.4 Å². The van der Waals surface area contributed by atoms with Gasteiger partial charge in [-0.25, -0.2) is 9.18 Å². The van der Waals surface area contributed by atoms with Crippen LogP contribution < -0.4 is 4.90 Å². The molecule has 1 aromatic carbocycles. The van der Waals surface area contributed by atoms with Crippen LogP contribution >= 0.6 is 22.6 Å². The monoisotopic (exact) mass is 401 g/mol. The number of halogens is 2. The van der Waals surface area contributed by atoms with Gasteiger partial charge in [0.05, 0.1) is 24.0 Å². The summed E-state index contributed by atoms with van der Waals surface area (Å²) in [5, 5.41) is 8.05. The number of hydrogen-bond donors (Lipinski definition) is 0. The van der Waals surface area contributed by atoms with Gasteiger partial charge in [0.15, 0.2) is 0 Å². The first-order valence-electron chi connectivity index (χ1n) is 6.55. The summed E-state index contributed by atoms with van der Waals surface area (Å²) in [7, 11) is 0. The van der Waals surface area contributed by atoms with Crippen LogP contribution in [0.3, 0.4) is 0 Å². The number of anilines is 1. The van der Waals surface area contributed by atoms with Crippen LogP contribution in [0.4, 0.5) is 14.9 Å². The van der Waals surface area contributed by atoms with Crippen LogP contribution in [0.1, 0.15) is 13.3 Å². The molecule has 0 N–H and O–H groups in total. The second-order valence-electron chi connectivity index (χ2n) is 5.04. The Morgan fingerprint density at radius 2 is 2.33 bits per heavy atom. The Balaban J connectivity index is 1.70. The normalized spacial score (nSPS) is 24.4. The molecule has 7 heteroatoms. The molecule has 1 amide bonds.